The quantitative estimate of drug-likeness (QED) is 0.831. The molecule has 1 saturated carbocycles. The summed E-state index contributed by atoms with van der Waals surface area (Å²) in [5.41, 5.74) is 0. The van der Waals surface area contributed by atoms with Crippen LogP contribution in [0.5, 0.6) is 0 Å². The molecule has 0 aromatic carbocycles. The summed E-state index contributed by atoms with van der Waals surface area (Å²) in [6.07, 6.45) is 4.24. The number of hydrogen-bond donors (Lipinski definition) is 0. The van der Waals surface area contributed by atoms with Gasteiger partial charge in [0.2, 0.25) is 0 Å². The van der Waals surface area contributed by atoms with Crippen LogP contribution in [0.3, 0.4) is 0 Å². The Bertz CT molecular complexity index is 602. The maximum Gasteiger partial charge on any atom is 0.265 e. The number of hydrogen-bond acceptors (Lipinski definition) is 6. The van der Waals surface area contributed by atoms with Crippen molar-refractivity contribution in [2.24, 2.45) is 4.99 Å². The molecule has 0 spiro atoms. The SMILES string of the molecule is C[C@@H]1CN=C(N2CCN(C(=O)c3cnc(C4CC4)s3)CC2)S1. The Morgan fingerprint density at radius 2 is 2.05 bits per heavy atom. The molecular formula is C15H20N4OS2. The van der Waals surface area contributed by atoms with Gasteiger partial charge in [-0.15, -0.1) is 11.3 Å². The number of amidine groups is 1. The summed E-state index contributed by atoms with van der Waals surface area (Å²) in [7, 11) is 0. The van der Waals surface area contributed by atoms with Gasteiger partial charge in [0, 0.05) is 37.3 Å². The molecule has 2 fully saturated rings. The van der Waals surface area contributed by atoms with Crippen molar-refractivity contribution in [1.82, 2.24) is 14.8 Å². The average Bonchev–Trinajstić information content (AvgIpc) is 3.11. The van der Waals surface area contributed by atoms with Gasteiger partial charge in [0.05, 0.1) is 17.7 Å². The van der Waals surface area contributed by atoms with E-state index in [1.807, 2.05) is 16.7 Å². The van der Waals surface area contributed by atoms with E-state index >= 15 is 0 Å². The number of thioether (sulfide) groups is 1. The standard InChI is InChI=1S/C15H20N4OS2/c1-10-8-17-15(21-10)19-6-4-18(5-7-19)14(20)12-9-16-13(22-12)11-2-3-11/h9-11H,2-8H2,1H3/t10-/m1/s1. The molecule has 1 saturated heterocycles. The van der Waals surface area contributed by atoms with Crippen molar-refractivity contribution in [3.05, 3.63) is 16.1 Å². The maximum atomic E-state index is 12.6. The van der Waals surface area contributed by atoms with Crippen molar-refractivity contribution >= 4 is 34.2 Å². The second-order valence-electron chi connectivity index (χ2n) is 6.17. The Labute approximate surface area is 138 Å². The van der Waals surface area contributed by atoms with E-state index in [9.17, 15) is 4.79 Å². The Balaban J connectivity index is 1.35. The molecule has 0 unspecified atom stereocenters. The smallest absolute Gasteiger partial charge is 0.265 e. The van der Waals surface area contributed by atoms with Crippen molar-refractivity contribution in [3.63, 3.8) is 0 Å². The molecule has 3 aliphatic rings. The minimum Gasteiger partial charge on any atom is -0.348 e. The minimum absolute atomic E-state index is 0.151. The molecule has 0 bridgehead atoms. The van der Waals surface area contributed by atoms with E-state index in [-0.39, 0.29) is 5.91 Å². The fourth-order valence-electron chi connectivity index (χ4n) is 2.80. The third kappa shape index (κ3) is 2.88. The fourth-order valence-corrected chi connectivity index (χ4v) is 4.84. The molecule has 1 amide bonds. The summed E-state index contributed by atoms with van der Waals surface area (Å²) in [6, 6.07) is 0. The van der Waals surface area contributed by atoms with Crippen LogP contribution in [0.2, 0.25) is 0 Å². The Hall–Kier alpha value is -1.08. The van der Waals surface area contributed by atoms with E-state index < -0.39 is 0 Å². The Morgan fingerprint density at radius 3 is 2.68 bits per heavy atom. The number of rotatable bonds is 2. The van der Waals surface area contributed by atoms with Crippen molar-refractivity contribution in [2.75, 3.05) is 32.7 Å². The lowest BCUT2D eigenvalue weighted by Crippen LogP contribution is -2.49. The van der Waals surface area contributed by atoms with Crippen LogP contribution in [0.4, 0.5) is 0 Å². The number of nitrogens with zero attached hydrogens (tertiary/aromatic N) is 4. The van der Waals surface area contributed by atoms with Crippen LogP contribution < -0.4 is 0 Å². The van der Waals surface area contributed by atoms with Gasteiger partial charge in [0.1, 0.15) is 4.88 Å². The van der Waals surface area contributed by atoms with Gasteiger partial charge >= 0.3 is 0 Å². The first-order valence-electron chi connectivity index (χ1n) is 7.92. The first-order valence-corrected chi connectivity index (χ1v) is 9.61. The second kappa shape index (κ2) is 5.85. The predicted molar refractivity (Wildman–Crippen MR) is 90.9 cm³/mol. The van der Waals surface area contributed by atoms with E-state index in [2.05, 4.69) is 21.8 Å². The molecule has 1 aliphatic carbocycles. The van der Waals surface area contributed by atoms with E-state index in [1.54, 1.807) is 17.5 Å². The third-order valence-corrected chi connectivity index (χ3v) is 6.59. The van der Waals surface area contributed by atoms with Crippen LogP contribution in [-0.4, -0.2) is 63.8 Å². The lowest BCUT2D eigenvalue weighted by molar-refractivity contribution is 0.0698. The molecular weight excluding hydrogens is 316 g/mol. The monoisotopic (exact) mass is 336 g/mol. The van der Waals surface area contributed by atoms with Crippen LogP contribution in [0.15, 0.2) is 11.2 Å². The van der Waals surface area contributed by atoms with Gasteiger partial charge in [-0.1, -0.05) is 18.7 Å². The highest BCUT2D eigenvalue weighted by Crippen LogP contribution is 2.41. The van der Waals surface area contributed by atoms with Crippen molar-refractivity contribution < 1.29 is 4.79 Å². The maximum absolute atomic E-state index is 12.6. The molecule has 0 N–H and O–H groups in total. The normalized spacial score (nSPS) is 25.5. The second-order valence-corrected chi connectivity index (χ2v) is 8.64. The topological polar surface area (TPSA) is 48.8 Å². The summed E-state index contributed by atoms with van der Waals surface area (Å²) in [5.74, 6) is 0.779. The van der Waals surface area contributed by atoms with Crippen molar-refractivity contribution in [2.45, 2.75) is 30.9 Å². The van der Waals surface area contributed by atoms with Crippen LogP contribution in [0.1, 0.15) is 40.4 Å². The molecule has 118 valence electrons. The number of carbonyl (C=O) groups is 1. The molecule has 1 aromatic heterocycles. The van der Waals surface area contributed by atoms with Crippen LogP contribution >= 0.6 is 23.1 Å². The largest absolute Gasteiger partial charge is 0.348 e. The molecule has 5 nitrogen and oxygen atoms in total. The summed E-state index contributed by atoms with van der Waals surface area (Å²) >= 11 is 3.44. The fraction of sp³-hybridized carbons (Fsp3) is 0.667. The number of carbonyl (C=O) groups excluding carboxylic acids is 1. The highest BCUT2D eigenvalue weighted by atomic mass is 32.2. The Kier molecular flexibility index (Phi) is 3.86. The van der Waals surface area contributed by atoms with E-state index in [1.165, 1.54) is 12.8 Å². The molecule has 22 heavy (non-hydrogen) atoms. The molecule has 2 aliphatic heterocycles. The highest BCUT2D eigenvalue weighted by molar-refractivity contribution is 8.14. The van der Waals surface area contributed by atoms with Crippen molar-refractivity contribution in [3.8, 4) is 0 Å². The van der Waals surface area contributed by atoms with Gasteiger partial charge in [0.15, 0.2) is 5.17 Å². The molecule has 3 heterocycles. The average molecular weight is 336 g/mol. The summed E-state index contributed by atoms with van der Waals surface area (Å²) < 4.78 is 0. The van der Waals surface area contributed by atoms with Gasteiger partial charge in [-0.05, 0) is 12.8 Å². The first kappa shape index (κ1) is 14.5. The van der Waals surface area contributed by atoms with Gasteiger partial charge < -0.3 is 9.80 Å². The summed E-state index contributed by atoms with van der Waals surface area (Å²) in [5, 5.41) is 2.90. The zero-order valence-electron chi connectivity index (χ0n) is 12.7. The highest BCUT2D eigenvalue weighted by Gasteiger charge is 2.30. The lowest BCUT2D eigenvalue weighted by atomic mass is 10.3. The molecule has 4 rings (SSSR count). The Morgan fingerprint density at radius 1 is 1.27 bits per heavy atom. The predicted octanol–water partition coefficient (Wildman–Crippen LogP) is 2.27. The van der Waals surface area contributed by atoms with Gasteiger partial charge in [0.25, 0.3) is 5.91 Å². The van der Waals surface area contributed by atoms with Gasteiger partial charge in [-0.3, -0.25) is 9.79 Å². The number of aliphatic imine (C=N–C) groups is 1. The first-order chi connectivity index (χ1) is 10.7. The van der Waals surface area contributed by atoms with Gasteiger partial charge in [-0.2, -0.15) is 0 Å². The van der Waals surface area contributed by atoms with E-state index in [4.69, 9.17) is 0 Å². The van der Waals surface area contributed by atoms with E-state index in [0.29, 0.717) is 11.2 Å². The molecule has 1 atom stereocenters. The van der Waals surface area contributed by atoms with E-state index in [0.717, 1.165) is 47.8 Å². The number of piperazine rings is 1. The van der Waals surface area contributed by atoms with Crippen molar-refractivity contribution in [1.29, 1.82) is 0 Å². The third-order valence-electron chi connectivity index (χ3n) is 4.29. The zero-order valence-corrected chi connectivity index (χ0v) is 14.3. The van der Waals surface area contributed by atoms with Crippen LogP contribution in [-0.2, 0) is 0 Å². The number of aromatic nitrogens is 1. The van der Waals surface area contributed by atoms with Crippen LogP contribution in [0.25, 0.3) is 0 Å². The number of amides is 1. The summed E-state index contributed by atoms with van der Waals surface area (Å²) in [6.45, 7) is 6.47. The molecule has 7 heteroatoms. The van der Waals surface area contributed by atoms with Gasteiger partial charge in [-0.25, -0.2) is 4.98 Å². The summed E-state index contributed by atoms with van der Waals surface area (Å²) in [4.78, 5) is 26.7. The molecule has 1 aromatic rings. The lowest BCUT2D eigenvalue weighted by Gasteiger charge is -2.35. The molecule has 0 radical (unpaired) electrons. The minimum atomic E-state index is 0.151. The van der Waals surface area contributed by atoms with Crippen LogP contribution in [0, 0.1) is 0 Å². The number of thiazole rings is 1. The zero-order chi connectivity index (χ0) is 15.1.